The molecule has 0 saturated carbocycles. The Bertz CT molecular complexity index is 420. The van der Waals surface area contributed by atoms with Gasteiger partial charge in [-0.3, -0.25) is 4.79 Å². The predicted molar refractivity (Wildman–Crippen MR) is 70.7 cm³/mol. The van der Waals surface area contributed by atoms with Gasteiger partial charge in [-0.15, -0.1) is 0 Å². The third-order valence-electron chi connectivity index (χ3n) is 3.30. The molecular weight excluding hydrogens is 228 g/mol. The van der Waals surface area contributed by atoms with Crippen molar-refractivity contribution in [1.29, 1.82) is 0 Å². The number of benzene rings is 1. The van der Waals surface area contributed by atoms with E-state index in [-0.39, 0.29) is 5.91 Å². The second-order valence-corrected chi connectivity index (χ2v) is 4.60. The van der Waals surface area contributed by atoms with E-state index >= 15 is 0 Å². The highest BCUT2D eigenvalue weighted by Crippen LogP contribution is 2.20. The molecule has 0 spiro atoms. The predicted octanol–water partition coefficient (Wildman–Crippen LogP) is 1.51. The number of likely N-dealkylation sites (tertiary alicyclic amines) is 1. The summed E-state index contributed by atoms with van der Waals surface area (Å²) in [6, 6.07) is 7.36. The van der Waals surface area contributed by atoms with E-state index in [1.807, 2.05) is 36.1 Å². The average Bonchev–Trinajstić information content (AvgIpc) is 2.87. The van der Waals surface area contributed by atoms with Crippen molar-refractivity contribution in [3.8, 4) is 5.75 Å². The van der Waals surface area contributed by atoms with Crippen LogP contribution in [-0.4, -0.2) is 37.0 Å². The zero-order valence-corrected chi connectivity index (χ0v) is 10.8. The van der Waals surface area contributed by atoms with Crippen LogP contribution in [0.1, 0.15) is 23.7 Å². The van der Waals surface area contributed by atoms with Gasteiger partial charge in [0.2, 0.25) is 0 Å². The van der Waals surface area contributed by atoms with Gasteiger partial charge in [-0.1, -0.05) is 6.07 Å². The topological polar surface area (TPSA) is 55.6 Å². The molecule has 4 nitrogen and oxygen atoms in total. The molecule has 1 aromatic carbocycles. The average molecular weight is 248 g/mol. The molecule has 1 aliphatic rings. The molecule has 2 N–H and O–H groups in total. The molecule has 98 valence electrons. The number of nitrogens with two attached hydrogens (primary N) is 1. The highest BCUT2D eigenvalue weighted by molar-refractivity contribution is 5.94. The molecular formula is C14H20N2O2. The van der Waals surface area contributed by atoms with Crippen LogP contribution in [0.25, 0.3) is 0 Å². The van der Waals surface area contributed by atoms with Crippen molar-refractivity contribution < 1.29 is 9.53 Å². The first kappa shape index (κ1) is 12.9. The van der Waals surface area contributed by atoms with Crippen LogP contribution in [0.5, 0.6) is 5.75 Å². The Labute approximate surface area is 108 Å². The van der Waals surface area contributed by atoms with Crippen molar-refractivity contribution in [3.05, 3.63) is 29.8 Å². The van der Waals surface area contributed by atoms with Gasteiger partial charge < -0.3 is 15.4 Å². The number of nitrogens with zero attached hydrogens (tertiary/aromatic N) is 1. The van der Waals surface area contributed by atoms with Crippen LogP contribution in [0.4, 0.5) is 0 Å². The van der Waals surface area contributed by atoms with Crippen molar-refractivity contribution in [2.24, 2.45) is 11.7 Å². The highest BCUT2D eigenvalue weighted by Gasteiger charge is 2.26. The Hall–Kier alpha value is -1.55. The summed E-state index contributed by atoms with van der Waals surface area (Å²) in [6.45, 7) is 4.77. The SMILES string of the molecule is CCOc1cccc(C(=O)N2CCC(CN)C2)c1. The third-order valence-corrected chi connectivity index (χ3v) is 3.30. The van der Waals surface area contributed by atoms with Crippen molar-refractivity contribution in [2.75, 3.05) is 26.2 Å². The van der Waals surface area contributed by atoms with E-state index in [4.69, 9.17) is 10.5 Å². The van der Waals surface area contributed by atoms with Crippen molar-refractivity contribution >= 4 is 5.91 Å². The van der Waals surface area contributed by atoms with Crippen LogP contribution in [0.15, 0.2) is 24.3 Å². The molecule has 1 unspecified atom stereocenters. The molecule has 1 atom stereocenters. The summed E-state index contributed by atoms with van der Waals surface area (Å²) in [6.07, 6.45) is 1.01. The Morgan fingerprint density at radius 2 is 2.39 bits per heavy atom. The van der Waals surface area contributed by atoms with Crippen molar-refractivity contribution in [1.82, 2.24) is 4.90 Å². The second kappa shape index (κ2) is 5.87. The van der Waals surface area contributed by atoms with Gasteiger partial charge in [0.25, 0.3) is 5.91 Å². The van der Waals surface area contributed by atoms with Crippen molar-refractivity contribution in [3.63, 3.8) is 0 Å². The lowest BCUT2D eigenvalue weighted by atomic mass is 10.1. The van der Waals surface area contributed by atoms with Gasteiger partial charge >= 0.3 is 0 Å². The van der Waals surface area contributed by atoms with E-state index in [0.717, 1.165) is 25.3 Å². The zero-order valence-electron chi connectivity index (χ0n) is 10.8. The summed E-state index contributed by atoms with van der Waals surface area (Å²) in [5.74, 6) is 1.27. The first-order valence-electron chi connectivity index (χ1n) is 6.46. The first-order valence-corrected chi connectivity index (χ1v) is 6.46. The zero-order chi connectivity index (χ0) is 13.0. The van der Waals surface area contributed by atoms with Gasteiger partial charge in [-0.05, 0) is 44.0 Å². The maximum atomic E-state index is 12.3. The maximum absolute atomic E-state index is 12.3. The van der Waals surface area contributed by atoms with E-state index in [2.05, 4.69) is 0 Å². The third kappa shape index (κ3) is 2.82. The summed E-state index contributed by atoms with van der Waals surface area (Å²) in [5, 5.41) is 0. The standard InChI is InChI=1S/C14H20N2O2/c1-2-18-13-5-3-4-12(8-13)14(17)16-7-6-11(9-15)10-16/h3-5,8,11H,2,6-7,9-10,15H2,1H3. The minimum Gasteiger partial charge on any atom is -0.494 e. The molecule has 0 aromatic heterocycles. The normalized spacial score (nSPS) is 19.0. The molecule has 1 heterocycles. The lowest BCUT2D eigenvalue weighted by molar-refractivity contribution is 0.0787. The molecule has 0 bridgehead atoms. The fourth-order valence-electron chi connectivity index (χ4n) is 2.28. The van der Waals surface area contributed by atoms with Gasteiger partial charge in [0.15, 0.2) is 0 Å². The Morgan fingerprint density at radius 3 is 3.06 bits per heavy atom. The number of carbonyl (C=O) groups is 1. The van der Waals surface area contributed by atoms with Crippen LogP contribution in [0.3, 0.4) is 0 Å². The molecule has 1 aliphatic heterocycles. The fraction of sp³-hybridized carbons (Fsp3) is 0.500. The minimum atomic E-state index is 0.0764. The summed E-state index contributed by atoms with van der Waals surface area (Å²) in [4.78, 5) is 14.2. The summed E-state index contributed by atoms with van der Waals surface area (Å²) >= 11 is 0. The molecule has 2 rings (SSSR count). The molecule has 1 aromatic rings. The Morgan fingerprint density at radius 1 is 1.56 bits per heavy atom. The van der Waals surface area contributed by atoms with Crippen molar-refractivity contribution in [2.45, 2.75) is 13.3 Å². The van der Waals surface area contributed by atoms with Gasteiger partial charge in [-0.2, -0.15) is 0 Å². The number of amides is 1. The van der Waals surface area contributed by atoms with Gasteiger partial charge in [0.05, 0.1) is 6.61 Å². The van der Waals surface area contributed by atoms with Crippen LogP contribution in [0, 0.1) is 5.92 Å². The van der Waals surface area contributed by atoms with Gasteiger partial charge in [0.1, 0.15) is 5.75 Å². The molecule has 1 fully saturated rings. The fourth-order valence-corrected chi connectivity index (χ4v) is 2.28. The largest absolute Gasteiger partial charge is 0.494 e. The van der Waals surface area contributed by atoms with Crippen LogP contribution in [0.2, 0.25) is 0 Å². The lowest BCUT2D eigenvalue weighted by Gasteiger charge is -2.16. The van der Waals surface area contributed by atoms with E-state index in [0.29, 0.717) is 24.6 Å². The van der Waals surface area contributed by atoms with E-state index < -0.39 is 0 Å². The smallest absolute Gasteiger partial charge is 0.253 e. The summed E-state index contributed by atoms with van der Waals surface area (Å²) in [7, 11) is 0. The van der Waals surface area contributed by atoms with E-state index in [1.54, 1.807) is 0 Å². The number of ether oxygens (including phenoxy) is 1. The Kier molecular flexibility index (Phi) is 4.20. The maximum Gasteiger partial charge on any atom is 0.253 e. The number of rotatable bonds is 4. The Balaban J connectivity index is 2.07. The molecule has 18 heavy (non-hydrogen) atoms. The minimum absolute atomic E-state index is 0.0764. The highest BCUT2D eigenvalue weighted by atomic mass is 16.5. The van der Waals surface area contributed by atoms with Crippen LogP contribution >= 0.6 is 0 Å². The summed E-state index contributed by atoms with van der Waals surface area (Å²) < 4.78 is 5.41. The van der Waals surface area contributed by atoms with E-state index in [1.165, 1.54) is 0 Å². The van der Waals surface area contributed by atoms with E-state index in [9.17, 15) is 4.79 Å². The monoisotopic (exact) mass is 248 g/mol. The first-order chi connectivity index (χ1) is 8.74. The summed E-state index contributed by atoms with van der Waals surface area (Å²) in [5.41, 5.74) is 6.33. The van der Waals surface area contributed by atoms with Gasteiger partial charge in [0, 0.05) is 18.7 Å². The molecule has 0 aliphatic carbocycles. The molecule has 1 saturated heterocycles. The second-order valence-electron chi connectivity index (χ2n) is 4.60. The number of carbonyl (C=O) groups excluding carboxylic acids is 1. The molecule has 4 heteroatoms. The number of hydrogen-bond acceptors (Lipinski definition) is 3. The van der Waals surface area contributed by atoms with Gasteiger partial charge in [-0.25, -0.2) is 0 Å². The van der Waals surface area contributed by atoms with Crippen LogP contribution in [-0.2, 0) is 0 Å². The molecule has 0 radical (unpaired) electrons. The lowest BCUT2D eigenvalue weighted by Crippen LogP contribution is -2.29. The number of hydrogen-bond donors (Lipinski definition) is 1. The van der Waals surface area contributed by atoms with Crippen LogP contribution < -0.4 is 10.5 Å². The quantitative estimate of drug-likeness (QED) is 0.878. The molecule has 1 amide bonds.